The Kier molecular flexibility index (Phi) is 5.43. The Hall–Kier alpha value is -0.840. The van der Waals surface area contributed by atoms with Gasteiger partial charge in [-0.15, -0.1) is 11.3 Å². The molecule has 0 unspecified atom stereocenters. The normalized spacial score (nSPS) is 10.7. The minimum Gasteiger partial charge on any atom is -0.488 e. The van der Waals surface area contributed by atoms with E-state index in [1.165, 1.54) is 15.3 Å². The Morgan fingerprint density at radius 3 is 2.68 bits per heavy atom. The van der Waals surface area contributed by atoms with Crippen LogP contribution in [-0.2, 0) is 19.6 Å². The molecule has 102 valence electrons. The molecule has 2 rings (SSSR count). The summed E-state index contributed by atoms with van der Waals surface area (Å²) in [4.78, 5) is 2.68. The predicted molar refractivity (Wildman–Crippen MR) is 84.9 cm³/mol. The SMILES string of the molecule is CCc1ccc(COc2ccc(Br)cc2CNC)s1. The van der Waals surface area contributed by atoms with Gasteiger partial charge in [0.15, 0.2) is 0 Å². The van der Waals surface area contributed by atoms with Gasteiger partial charge in [-0.3, -0.25) is 0 Å². The monoisotopic (exact) mass is 339 g/mol. The molecule has 19 heavy (non-hydrogen) atoms. The molecule has 1 aromatic heterocycles. The summed E-state index contributed by atoms with van der Waals surface area (Å²) in [7, 11) is 1.94. The number of hydrogen-bond donors (Lipinski definition) is 1. The summed E-state index contributed by atoms with van der Waals surface area (Å²) < 4.78 is 7.02. The molecule has 0 atom stereocenters. The summed E-state index contributed by atoms with van der Waals surface area (Å²) in [5.74, 6) is 0.948. The first-order chi connectivity index (χ1) is 9.22. The number of ether oxygens (including phenoxy) is 1. The van der Waals surface area contributed by atoms with Crippen LogP contribution in [0.25, 0.3) is 0 Å². The average molecular weight is 340 g/mol. The van der Waals surface area contributed by atoms with Gasteiger partial charge in [0.2, 0.25) is 0 Å². The molecule has 0 aliphatic carbocycles. The van der Waals surface area contributed by atoms with Gasteiger partial charge in [0.25, 0.3) is 0 Å². The zero-order valence-electron chi connectivity index (χ0n) is 11.2. The molecule has 1 heterocycles. The Balaban J connectivity index is 2.05. The highest BCUT2D eigenvalue weighted by atomic mass is 79.9. The van der Waals surface area contributed by atoms with Crippen LogP contribution in [0.1, 0.15) is 22.2 Å². The van der Waals surface area contributed by atoms with Crippen molar-refractivity contribution in [3.63, 3.8) is 0 Å². The molecule has 1 N–H and O–H groups in total. The Morgan fingerprint density at radius 1 is 1.21 bits per heavy atom. The Morgan fingerprint density at radius 2 is 2.00 bits per heavy atom. The molecule has 0 aliphatic rings. The van der Waals surface area contributed by atoms with E-state index in [1.807, 2.05) is 30.5 Å². The third kappa shape index (κ3) is 4.06. The van der Waals surface area contributed by atoms with Crippen LogP contribution in [0.2, 0.25) is 0 Å². The number of benzene rings is 1. The lowest BCUT2D eigenvalue weighted by Gasteiger charge is -2.11. The Bertz CT molecular complexity index is 539. The summed E-state index contributed by atoms with van der Waals surface area (Å²) in [6, 6.07) is 10.5. The maximum Gasteiger partial charge on any atom is 0.124 e. The third-order valence-corrected chi connectivity index (χ3v) is 4.52. The molecule has 0 bridgehead atoms. The van der Waals surface area contributed by atoms with E-state index in [9.17, 15) is 0 Å². The van der Waals surface area contributed by atoms with E-state index in [4.69, 9.17) is 4.74 Å². The lowest BCUT2D eigenvalue weighted by Crippen LogP contribution is -2.07. The van der Waals surface area contributed by atoms with Crippen molar-refractivity contribution < 1.29 is 4.74 Å². The first-order valence-electron chi connectivity index (χ1n) is 6.36. The van der Waals surface area contributed by atoms with E-state index in [0.717, 1.165) is 23.2 Å². The van der Waals surface area contributed by atoms with Crippen LogP contribution in [-0.4, -0.2) is 7.05 Å². The van der Waals surface area contributed by atoms with E-state index >= 15 is 0 Å². The van der Waals surface area contributed by atoms with E-state index in [-0.39, 0.29) is 0 Å². The fourth-order valence-electron chi connectivity index (χ4n) is 1.86. The molecular weight excluding hydrogens is 322 g/mol. The first-order valence-corrected chi connectivity index (χ1v) is 7.97. The van der Waals surface area contributed by atoms with Crippen LogP contribution in [0, 0.1) is 0 Å². The summed E-state index contributed by atoms with van der Waals surface area (Å²) in [6.07, 6.45) is 1.09. The second-order valence-corrected chi connectivity index (χ2v) is 6.46. The molecule has 0 amide bonds. The van der Waals surface area contributed by atoms with Gasteiger partial charge in [0.05, 0.1) is 0 Å². The van der Waals surface area contributed by atoms with Crippen molar-refractivity contribution in [2.75, 3.05) is 7.05 Å². The summed E-state index contributed by atoms with van der Waals surface area (Å²) in [6.45, 7) is 3.62. The second kappa shape index (κ2) is 7.08. The molecule has 0 aliphatic heterocycles. The van der Waals surface area contributed by atoms with Gasteiger partial charge in [-0.25, -0.2) is 0 Å². The van der Waals surface area contributed by atoms with Gasteiger partial charge < -0.3 is 10.1 Å². The predicted octanol–water partition coefficient (Wildman–Crippen LogP) is 4.37. The van der Waals surface area contributed by atoms with E-state index in [0.29, 0.717) is 6.61 Å². The van der Waals surface area contributed by atoms with Gasteiger partial charge in [0, 0.05) is 26.3 Å². The first kappa shape index (κ1) is 14.6. The van der Waals surface area contributed by atoms with Crippen molar-refractivity contribution in [2.45, 2.75) is 26.5 Å². The van der Waals surface area contributed by atoms with Crippen molar-refractivity contribution in [2.24, 2.45) is 0 Å². The standard InChI is InChI=1S/C15H18BrNOS/c1-3-13-5-6-14(19-13)10-18-15-7-4-12(16)8-11(15)9-17-2/h4-8,17H,3,9-10H2,1-2H3. The van der Waals surface area contributed by atoms with Crippen LogP contribution in [0.5, 0.6) is 5.75 Å². The molecule has 0 spiro atoms. The van der Waals surface area contributed by atoms with Gasteiger partial charge in [-0.1, -0.05) is 22.9 Å². The quantitative estimate of drug-likeness (QED) is 0.843. The number of aryl methyl sites for hydroxylation is 1. The topological polar surface area (TPSA) is 21.3 Å². The maximum atomic E-state index is 5.94. The van der Waals surface area contributed by atoms with Crippen LogP contribution in [0.4, 0.5) is 0 Å². The largest absolute Gasteiger partial charge is 0.488 e. The molecule has 0 saturated carbocycles. The molecule has 1 aromatic carbocycles. The minimum atomic E-state index is 0.642. The summed E-state index contributed by atoms with van der Waals surface area (Å²) >= 11 is 5.32. The number of nitrogens with one attached hydrogen (secondary N) is 1. The van der Waals surface area contributed by atoms with Gasteiger partial charge >= 0.3 is 0 Å². The van der Waals surface area contributed by atoms with E-state index in [1.54, 1.807) is 0 Å². The molecular formula is C15H18BrNOS. The Labute approximate surface area is 126 Å². The zero-order chi connectivity index (χ0) is 13.7. The molecule has 0 saturated heterocycles. The number of thiophene rings is 1. The lowest BCUT2D eigenvalue weighted by atomic mass is 10.2. The molecule has 0 fully saturated rings. The number of halogens is 1. The molecule has 0 radical (unpaired) electrons. The maximum absolute atomic E-state index is 5.94. The third-order valence-electron chi connectivity index (χ3n) is 2.83. The highest BCUT2D eigenvalue weighted by Gasteiger charge is 2.05. The smallest absolute Gasteiger partial charge is 0.124 e. The van der Waals surface area contributed by atoms with Crippen LogP contribution in [0.15, 0.2) is 34.8 Å². The van der Waals surface area contributed by atoms with Crippen molar-refractivity contribution in [1.82, 2.24) is 5.32 Å². The summed E-state index contributed by atoms with van der Waals surface area (Å²) in [5.41, 5.74) is 1.17. The molecule has 2 aromatic rings. The van der Waals surface area contributed by atoms with Crippen molar-refractivity contribution in [1.29, 1.82) is 0 Å². The highest BCUT2D eigenvalue weighted by Crippen LogP contribution is 2.25. The van der Waals surface area contributed by atoms with Gasteiger partial charge in [-0.05, 0) is 43.8 Å². The fourth-order valence-corrected chi connectivity index (χ4v) is 3.14. The lowest BCUT2D eigenvalue weighted by molar-refractivity contribution is 0.306. The van der Waals surface area contributed by atoms with Crippen molar-refractivity contribution in [3.05, 3.63) is 50.1 Å². The highest BCUT2D eigenvalue weighted by molar-refractivity contribution is 9.10. The summed E-state index contributed by atoms with van der Waals surface area (Å²) in [5, 5.41) is 3.16. The van der Waals surface area contributed by atoms with Crippen molar-refractivity contribution >= 4 is 27.3 Å². The zero-order valence-corrected chi connectivity index (χ0v) is 13.6. The average Bonchev–Trinajstić information content (AvgIpc) is 2.86. The van der Waals surface area contributed by atoms with E-state index in [2.05, 4.69) is 46.4 Å². The van der Waals surface area contributed by atoms with Crippen molar-refractivity contribution in [3.8, 4) is 5.75 Å². The van der Waals surface area contributed by atoms with Gasteiger partial charge in [-0.2, -0.15) is 0 Å². The van der Waals surface area contributed by atoms with Gasteiger partial charge in [0.1, 0.15) is 12.4 Å². The number of hydrogen-bond acceptors (Lipinski definition) is 3. The van der Waals surface area contributed by atoms with Crippen LogP contribution in [0.3, 0.4) is 0 Å². The van der Waals surface area contributed by atoms with Crippen LogP contribution >= 0.6 is 27.3 Å². The second-order valence-electron chi connectivity index (χ2n) is 4.29. The number of rotatable bonds is 6. The molecule has 2 nitrogen and oxygen atoms in total. The van der Waals surface area contributed by atoms with E-state index < -0.39 is 0 Å². The molecule has 4 heteroatoms. The minimum absolute atomic E-state index is 0.642. The fraction of sp³-hybridized carbons (Fsp3) is 0.333. The van der Waals surface area contributed by atoms with Crippen LogP contribution < -0.4 is 10.1 Å².